The number of nitrogens with one attached hydrogen (secondary N) is 1. The number of hydrogen-bond donors (Lipinski definition) is 2. The van der Waals surface area contributed by atoms with Crippen molar-refractivity contribution in [1.82, 2.24) is 5.32 Å². The molecule has 0 aliphatic heterocycles. The lowest BCUT2D eigenvalue weighted by molar-refractivity contribution is -0.384. The Labute approximate surface area is 107 Å². The third-order valence-electron chi connectivity index (χ3n) is 2.16. The maximum Gasteiger partial charge on any atom is 0.295 e. The molecule has 1 amide bonds. The number of nitro groups is 1. The number of carbonyl (C=O) groups is 1. The summed E-state index contributed by atoms with van der Waals surface area (Å²) in [7, 11) is 0. The van der Waals surface area contributed by atoms with E-state index in [4.69, 9.17) is 5.73 Å². The molecule has 0 bridgehead atoms. The van der Waals surface area contributed by atoms with Crippen LogP contribution in [0.3, 0.4) is 0 Å². The molecule has 0 saturated carbocycles. The van der Waals surface area contributed by atoms with Crippen molar-refractivity contribution < 1.29 is 14.1 Å². The van der Waals surface area contributed by atoms with Crippen LogP contribution in [0, 0.1) is 15.9 Å². The SMILES string of the molecule is CSCCNC(=O)c1cc(F)cc([N+](=O)[O-])c1N. The second-order valence-corrected chi connectivity index (χ2v) is 4.38. The number of anilines is 1. The summed E-state index contributed by atoms with van der Waals surface area (Å²) in [6.45, 7) is 0.379. The van der Waals surface area contributed by atoms with Crippen molar-refractivity contribution in [1.29, 1.82) is 0 Å². The van der Waals surface area contributed by atoms with Crippen molar-refractivity contribution >= 4 is 29.0 Å². The summed E-state index contributed by atoms with van der Waals surface area (Å²) in [5, 5.41) is 13.1. The summed E-state index contributed by atoms with van der Waals surface area (Å²) in [5.74, 6) is -0.807. The first kappa shape index (κ1) is 14.2. The fourth-order valence-corrected chi connectivity index (χ4v) is 1.61. The fourth-order valence-electron chi connectivity index (χ4n) is 1.30. The van der Waals surface area contributed by atoms with E-state index >= 15 is 0 Å². The molecule has 0 aliphatic carbocycles. The van der Waals surface area contributed by atoms with Crippen molar-refractivity contribution in [2.45, 2.75) is 0 Å². The van der Waals surface area contributed by atoms with Crippen molar-refractivity contribution in [2.24, 2.45) is 0 Å². The van der Waals surface area contributed by atoms with Gasteiger partial charge in [0.2, 0.25) is 0 Å². The van der Waals surface area contributed by atoms with Crippen LogP contribution in [0.25, 0.3) is 0 Å². The van der Waals surface area contributed by atoms with Gasteiger partial charge in [0.25, 0.3) is 11.6 Å². The number of nitrogens with two attached hydrogens (primary N) is 1. The number of carbonyl (C=O) groups excluding carboxylic acids is 1. The second-order valence-electron chi connectivity index (χ2n) is 3.39. The monoisotopic (exact) mass is 273 g/mol. The van der Waals surface area contributed by atoms with Crippen LogP contribution in [0.1, 0.15) is 10.4 Å². The van der Waals surface area contributed by atoms with Gasteiger partial charge in [0.15, 0.2) is 0 Å². The zero-order valence-corrected chi connectivity index (χ0v) is 10.4. The van der Waals surface area contributed by atoms with Crippen molar-refractivity contribution in [3.8, 4) is 0 Å². The molecule has 3 N–H and O–H groups in total. The molecule has 98 valence electrons. The van der Waals surface area contributed by atoms with Crippen LogP contribution in [0.15, 0.2) is 12.1 Å². The van der Waals surface area contributed by atoms with Gasteiger partial charge in [-0.15, -0.1) is 0 Å². The molecule has 0 aliphatic rings. The molecule has 0 fully saturated rings. The van der Waals surface area contributed by atoms with E-state index in [0.717, 1.165) is 6.07 Å². The average molecular weight is 273 g/mol. The molecule has 0 unspecified atom stereocenters. The lowest BCUT2D eigenvalue weighted by Crippen LogP contribution is -2.26. The minimum atomic E-state index is -0.870. The van der Waals surface area contributed by atoms with E-state index in [1.54, 1.807) is 0 Å². The summed E-state index contributed by atoms with van der Waals surface area (Å²) in [6, 6.07) is 1.57. The maximum absolute atomic E-state index is 13.2. The number of benzene rings is 1. The van der Waals surface area contributed by atoms with E-state index in [1.807, 2.05) is 6.26 Å². The molecule has 0 aromatic heterocycles. The van der Waals surface area contributed by atoms with Crippen LogP contribution in [-0.4, -0.2) is 29.4 Å². The Bertz CT molecular complexity index is 482. The van der Waals surface area contributed by atoms with Crippen molar-refractivity contribution in [3.05, 3.63) is 33.6 Å². The number of halogens is 1. The lowest BCUT2D eigenvalue weighted by atomic mass is 10.1. The van der Waals surface area contributed by atoms with Crippen LogP contribution < -0.4 is 11.1 Å². The first-order valence-electron chi connectivity index (χ1n) is 4.98. The molecule has 18 heavy (non-hydrogen) atoms. The smallest absolute Gasteiger partial charge is 0.295 e. The predicted octanol–water partition coefficient (Wildman–Crippen LogP) is 1.41. The summed E-state index contributed by atoms with van der Waals surface area (Å²) in [6.07, 6.45) is 1.87. The van der Waals surface area contributed by atoms with Crippen molar-refractivity contribution in [2.75, 3.05) is 24.3 Å². The number of hydrogen-bond acceptors (Lipinski definition) is 5. The number of nitrogens with zero attached hydrogens (tertiary/aromatic N) is 1. The third-order valence-corrected chi connectivity index (χ3v) is 2.77. The van der Waals surface area contributed by atoms with Gasteiger partial charge in [0, 0.05) is 12.3 Å². The van der Waals surface area contributed by atoms with Gasteiger partial charge in [-0.3, -0.25) is 14.9 Å². The normalized spacial score (nSPS) is 10.1. The first-order valence-corrected chi connectivity index (χ1v) is 6.37. The van der Waals surface area contributed by atoms with E-state index < -0.39 is 22.3 Å². The Balaban J connectivity index is 3.01. The third kappa shape index (κ3) is 3.33. The molecular weight excluding hydrogens is 261 g/mol. The molecule has 1 aromatic rings. The second kappa shape index (κ2) is 6.20. The molecule has 0 spiro atoms. The Morgan fingerprint density at radius 2 is 2.28 bits per heavy atom. The van der Waals surface area contributed by atoms with Gasteiger partial charge in [-0.05, 0) is 12.3 Å². The van der Waals surface area contributed by atoms with Gasteiger partial charge in [0.1, 0.15) is 11.5 Å². The molecule has 8 heteroatoms. The zero-order valence-electron chi connectivity index (χ0n) is 9.60. The molecule has 1 aromatic carbocycles. The summed E-state index contributed by atoms with van der Waals surface area (Å²) in [5.41, 5.74) is 4.33. The fraction of sp³-hybridized carbons (Fsp3) is 0.300. The number of thioether (sulfide) groups is 1. The Morgan fingerprint density at radius 1 is 1.61 bits per heavy atom. The highest BCUT2D eigenvalue weighted by Gasteiger charge is 2.21. The quantitative estimate of drug-likeness (QED) is 0.366. The molecular formula is C10H12FN3O3S. The number of amides is 1. The topological polar surface area (TPSA) is 98.3 Å². The van der Waals surface area contributed by atoms with E-state index in [0.29, 0.717) is 18.4 Å². The van der Waals surface area contributed by atoms with Crippen LogP contribution in [0.4, 0.5) is 15.8 Å². The van der Waals surface area contributed by atoms with E-state index in [-0.39, 0.29) is 11.3 Å². The summed E-state index contributed by atoms with van der Waals surface area (Å²) in [4.78, 5) is 21.5. The highest BCUT2D eigenvalue weighted by atomic mass is 32.2. The molecule has 0 heterocycles. The van der Waals surface area contributed by atoms with E-state index in [2.05, 4.69) is 5.32 Å². The maximum atomic E-state index is 13.2. The van der Waals surface area contributed by atoms with Gasteiger partial charge in [0.05, 0.1) is 16.6 Å². The number of nitro benzene ring substituents is 1. The summed E-state index contributed by atoms with van der Waals surface area (Å²) < 4.78 is 13.2. The van der Waals surface area contributed by atoms with Gasteiger partial charge in [-0.25, -0.2) is 4.39 Å². The van der Waals surface area contributed by atoms with Crippen LogP contribution in [0.5, 0.6) is 0 Å². The van der Waals surface area contributed by atoms with Crippen molar-refractivity contribution in [3.63, 3.8) is 0 Å². The Kier molecular flexibility index (Phi) is 4.90. The highest BCUT2D eigenvalue weighted by molar-refractivity contribution is 7.98. The number of nitrogen functional groups attached to an aromatic ring is 1. The van der Waals surface area contributed by atoms with Gasteiger partial charge >= 0.3 is 0 Å². The van der Waals surface area contributed by atoms with Gasteiger partial charge in [-0.1, -0.05) is 0 Å². The average Bonchev–Trinajstić information content (AvgIpc) is 2.31. The molecule has 6 nitrogen and oxygen atoms in total. The number of rotatable bonds is 5. The summed E-state index contributed by atoms with van der Waals surface area (Å²) >= 11 is 1.53. The van der Waals surface area contributed by atoms with Crippen LogP contribution in [-0.2, 0) is 0 Å². The van der Waals surface area contributed by atoms with Crippen LogP contribution >= 0.6 is 11.8 Å². The zero-order chi connectivity index (χ0) is 13.7. The van der Waals surface area contributed by atoms with Gasteiger partial charge in [-0.2, -0.15) is 11.8 Å². The minimum Gasteiger partial charge on any atom is -0.393 e. The standard InChI is InChI=1S/C10H12FN3O3S/c1-18-3-2-13-10(15)7-4-6(11)5-8(9(7)12)14(16)17/h4-5H,2-3,12H2,1H3,(H,13,15). The first-order chi connectivity index (χ1) is 8.47. The molecule has 0 atom stereocenters. The molecule has 0 radical (unpaired) electrons. The molecule has 0 saturated heterocycles. The highest BCUT2D eigenvalue weighted by Crippen LogP contribution is 2.26. The predicted molar refractivity (Wildman–Crippen MR) is 68.2 cm³/mol. The lowest BCUT2D eigenvalue weighted by Gasteiger charge is -2.07. The Morgan fingerprint density at radius 3 is 2.83 bits per heavy atom. The van der Waals surface area contributed by atoms with Gasteiger partial charge < -0.3 is 11.1 Å². The van der Waals surface area contributed by atoms with E-state index in [1.165, 1.54) is 11.8 Å². The largest absolute Gasteiger partial charge is 0.393 e. The minimum absolute atomic E-state index is 0.220. The molecule has 1 rings (SSSR count). The van der Waals surface area contributed by atoms with Crippen LogP contribution in [0.2, 0.25) is 0 Å². The van der Waals surface area contributed by atoms with E-state index in [9.17, 15) is 19.3 Å². The Hall–Kier alpha value is -1.83.